The van der Waals surface area contributed by atoms with Crippen molar-refractivity contribution in [1.82, 2.24) is 5.10 Å². The Morgan fingerprint density at radius 3 is 2.50 bits per heavy atom. The molecule has 22 heavy (non-hydrogen) atoms. The molecule has 0 aliphatic rings. The third-order valence-electron chi connectivity index (χ3n) is 3.34. The fourth-order valence-corrected chi connectivity index (χ4v) is 2.24. The van der Waals surface area contributed by atoms with Crippen molar-refractivity contribution in [1.29, 1.82) is 0 Å². The zero-order chi connectivity index (χ0) is 13.9. The van der Waals surface area contributed by atoms with Crippen LogP contribution in [0.25, 0.3) is 22.4 Å². The van der Waals surface area contributed by atoms with E-state index in [-0.39, 0.29) is 41.1 Å². The molecule has 0 N–H and O–H groups in total. The summed E-state index contributed by atoms with van der Waals surface area (Å²) < 4.78 is 1.87. The molecule has 4 heteroatoms. The van der Waals surface area contributed by atoms with E-state index in [2.05, 4.69) is 42.4 Å². The SMILES string of the molecule is Cc1ccc(-c2[c-]cccc2)[c-]c1-c1cccn[n+]1C.[B].[Y]. The molecule has 0 aliphatic heterocycles. The summed E-state index contributed by atoms with van der Waals surface area (Å²) >= 11 is 0. The van der Waals surface area contributed by atoms with Crippen LogP contribution in [0.2, 0.25) is 0 Å². The molecule has 1 heterocycles. The Labute approximate surface area is 159 Å². The molecule has 3 aromatic rings. The van der Waals surface area contributed by atoms with Gasteiger partial charge in [0.2, 0.25) is 0 Å². The van der Waals surface area contributed by atoms with Crippen molar-refractivity contribution in [2.75, 3.05) is 0 Å². The fraction of sp³-hybridized carbons (Fsp3) is 0.111. The molecule has 0 aliphatic carbocycles. The second kappa shape index (κ2) is 8.36. The van der Waals surface area contributed by atoms with E-state index in [1.54, 1.807) is 6.20 Å². The Hall–Kier alpha value is -1.31. The van der Waals surface area contributed by atoms with Crippen LogP contribution in [0.4, 0.5) is 0 Å². The number of rotatable bonds is 2. The zero-order valence-electron chi connectivity index (χ0n) is 12.7. The minimum atomic E-state index is 0. The van der Waals surface area contributed by atoms with Crippen molar-refractivity contribution < 1.29 is 37.4 Å². The minimum absolute atomic E-state index is 0. The molecular weight excluding hydrogens is 344 g/mol. The standard InChI is InChI=1S/C18H15N2.B.Y/c1-14-10-11-16(15-7-4-3-5-8-15)13-17(14)18-9-6-12-19-20(18)2;;/h3-7,9-12H,1-2H3;;/q-1;;. The van der Waals surface area contributed by atoms with Gasteiger partial charge in [-0.3, -0.25) is 0 Å². The van der Waals surface area contributed by atoms with Gasteiger partial charge >= 0.3 is 0 Å². The number of aromatic nitrogens is 2. The van der Waals surface area contributed by atoms with Gasteiger partial charge < -0.3 is 0 Å². The third kappa shape index (κ3) is 3.91. The topological polar surface area (TPSA) is 16.8 Å². The maximum atomic E-state index is 4.29. The van der Waals surface area contributed by atoms with Crippen LogP contribution in [-0.2, 0) is 39.8 Å². The van der Waals surface area contributed by atoms with E-state index < -0.39 is 0 Å². The van der Waals surface area contributed by atoms with Crippen molar-refractivity contribution >= 4 is 8.41 Å². The number of benzene rings is 2. The predicted octanol–water partition coefficient (Wildman–Crippen LogP) is 2.77. The van der Waals surface area contributed by atoms with Gasteiger partial charge in [0.25, 0.3) is 0 Å². The molecule has 3 rings (SSSR count). The van der Waals surface area contributed by atoms with E-state index in [0.29, 0.717) is 0 Å². The molecule has 0 amide bonds. The summed E-state index contributed by atoms with van der Waals surface area (Å²) in [5.41, 5.74) is 5.43. The van der Waals surface area contributed by atoms with Gasteiger partial charge in [-0.25, -0.2) is 5.56 Å². The number of hydrogen-bond acceptors (Lipinski definition) is 1. The van der Waals surface area contributed by atoms with E-state index in [9.17, 15) is 0 Å². The number of nitrogens with zero attached hydrogens (tertiary/aromatic N) is 2. The van der Waals surface area contributed by atoms with Crippen molar-refractivity contribution in [3.63, 3.8) is 0 Å². The molecule has 0 unspecified atom stereocenters. The van der Waals surface area contributed by atoms with Crippen LogP contribution in [0.15, 0.2) is 54.7 Å². The molecule has 0 spiro atoms. The largest absolute Gasteiger partial charge is 0.209 e. The van der Waals surface area contributed by atoms with Crippen LogP contribution in [0.5, 0.6) is 0 Å². The Balaban J connectivity index is 0.00000121. The van der Waals surface area contributed by atoms with Crippen LogP contribution < -0.4 is 4.68 Å². The second-order valence-electron chi connectivity index (χ2n) is 4.74. The first-order valence-corrected chi connectivity index (χ1v) is 6.57. The van der Waals surface area contributed by atoms with Gasteiger partial charge in [0.05, 0.1) is 6.20 Å². The van der Waals surface area contributed by atoms with E-state index in [1.807, 2.05) is 42.1 Å². The van der Waals surface area contributed by atoms with Crippen LogP contribution in [0.1, 0.15) is 5.56 Å². The van der Waals surface area contributed by atoms with E-state index in [1.165, 1.54) is 5.56 Å². The molecule has 4 radical (unpaired) electrons. The summed E-state index contributed by atoms with van der Waals surface area (Å²) in [5, 5.41) is 4.29. The number of aryl methyl sites for hydroxylation is 2. The van der Waals surface area contributed by atoms with E-state index in [4.69, 9.17) is 0 Å². The summed E-state index contributed by atoms with van der Waals surface area (Å²) in [6.07, 6.45) is 1.79. The molecular formula is C18H15BN2Y-. The fourth-order valence-electron chi connectivity index (χ4n) is 2.24. The third-order valence-corrected chi connectivity index (χ3v) is 3.34. The molecule has 0 atom stereocenters. The van der Waals surface area contributed by atoms with Gasteiger partial charge in [-0.1, -0.05) is 12.5 Å². The summed E-state index contributed by atoms with van der Waals surface area (Å²) in [5.74, 6) is 0. The van der Waals surface area contributed by atoms with Gasteiger partial charge in [-0.15, -0.1) is 22.4 Å². The normalized spacial score (nSPS) is 9.55. The van der Waals surface area contributed by atoms with Crippen LogP contribution in [0.3, 0.4) is 0 Å². The molecule has 0 fully saturated rings. The monoisotopic (exact) mass is 359 g/mol. The minimum Gasteiger partial charge on any atom is -0.209 e. The number of hydrogen-bond donors (Lipinski definition) is 0. The first-order chi connectivity index (χ1) is 9.75. The summed E-state index contributed by atoms with van der Waals surface area (Å²) in [6.45, 7) is 2.09. The molecule has 0 saturated carbocycles. The van der Waals surface area contributed by atoms with Gasteiger partial charge in [-0.2, -0.15) is 42.0 Å². The maximum Gasteiger partial charge on any atom is 0.175 e. The average molecular weight is 359 g/mol. The summed E-state index contributed by atoms with van der Waals surface area (Å²) in [4.78, 5) is 0. The van der Waals surface area contributed by atoms with Crippen LogP contribution in [0, 0.1) is 19.1 Å². The summed E-state index contributed by atoms with van der Waals surface area (Å²) in [7, 11) is 1.95. The smallest absolute Gasteiger partial charge is 0.175 e. The van der Waals surface area contributed by atoms with E-state index >= 15 is 0 Å². The molecule has 0 saturated heterocycles. The van der Waals surface area contributed by atoms with Gasteiger partial charge in [0.1, 0.15) is 0 Å². The summed E-state index contributed by atoms with van der Waals surface area (Å²) in [6, 6.07) is 22.9. The molecule has 0 bridgehead atoms. The predicted molar refractivity (Wildman–Crippen MR) is 84.4 cm³/mol. The van der Waals surface area contributed by atoms with Gasteiger partial charge in [0, 0.05) is 41.1 Å². The average Bonchev–Trinajstić information content (AvgIpc) is 2.49. The quantitative estimate of drug-likeness (QED) is 0.391. The van der Waals surface area contributed by atoms with Crippen LogP contribution in [-0.4, -0.2) is 13.5 Å². The second-order valence-corrected chi connectivity index (χ2v) is 4.74. The first-order valence-electron chi connectivity index (χ1n) is 6.57. The van der Waals surface area contributed by atoms with Crippen molar-refractivity contribution in [2.45, 2.75) is 6.92 Å². The van der Waals surface area contributed by atoms with E-state index in [0.717, 1.165) is 22.4 Å². The molecule has 2 aromatic carbocycles. The Kier molecular flexibility index (Phi) is 7.12. The maximum absolute atomic E-state index is 4.29. The first kappa shape index (κ1) is 18.7. The zero-order valence-corrected chi connectivity index (χ0v) is 15.6. The van der Waals surface area contributed by atoms with Gasteiger partial charge in [-0.05, 0) is 17.2 Å². The van der Waals surface area contributed by atoms with Crippen LogP contribution >= 0.6 is 0 Å². The van der Waals surface area contributed by atoms with Crippen molar-refractivity contribution in [3.8, 4) is 22.4 Å². The Morgan fingerprint density at radius 1 is 1.00 bits per heavy atom. The molecule has 2 nitrogen and oxygen atoms in total. The Morgan fingerprint density at radius 2 is 1.82 bits per heavy atom. The van der Waals surface area contributed by atoms with Crippen molar-refractivity contribution in [2.24, 2.45) is 7.05 Å². The molecule has 104 valence electrons. The Bertz CT molecular complexity index is 745. The molecule has 1 aromatic heterocycles. The van der Waals surface area contributed by atoms with Crippen molar-refractivity contribution in [3.05, 3.63) is 72.4 Å². The van der Waals surface area contributed by atoms with Gasteiger partial charge in [0.15, 0.2) is 12.7 Å².